The number of rotatable bonds is 2. The summed E-state index contributed by atoms with van der Waals surface area (Å²) < 4.78 is 1.71. The smallest absolute Gasteiger partial charge is 0.160 e. The van der Waals surface area contributed by atoms with Crippen molar-refractivity contribution < 1.29 is 4.79 Å². The van der Waals surface area contributed by atoms with Gasteiger partial charge in [-0.1, -0.05) is 20.8 Å². The van der Waals surface area contributed by atoms with Crippen LogP contribution in [0.15, 0.2) is 18.5 Å². The van der Waals surface area contributed by atoms with Crippen LogP contribution in [-0.4, -0.2) is 21.1 Å². The summed E-state index contributed by atoms with van der Waals surface area (Å²) in [6.45, 7) is 6.20. The number of aromatic nitrogens is 3. The number of aldehydes is 1. The second-order valence-electron chi connectivity index (χ2n) is 4.56. The molecule has 0 saturated carbocycles. The zero-order valence-electron chi connectivity index (χ0n) is 9.47. The van der Waals surface area contributed by atoms with E-state index in [2.05, 4.69) is 30.9 Å². The Balaban J connectivity index is 2.35. The molecule has 0 N–H and O–H groups in total. The first-order valence-corrected chi connectivity index (χ1v) is 5.80. The molecule has 0 atom stereocenters. The van der Waals surface area contributed by atoms with Gasteiger partial charge in [-0.05, 0) is 12.1 Å². The van der Waals surface area contributed by atoms with Crippen LogP contribution in [0.5, 0.6) is 0 Å². The first-order valence-electron chi connectivity index (χ1n) is 4.98. The number of hydrogen-bond donors (Lipinski definition) is 0. The summed E-state index contributed by atoms with van der Waals surface area (Å²) in [4.78, 5) is 15.5. The lowest BCUT2D eigenvalue weighted by Gasteiger charge is -2.12. The average molecular weight is 235 g/mol. The molecule has 2 aromatic heterocycles. The zero-order chi connectivity index (χ0) is 11.8. The molecule has 0 bridgehead atoms. The maximum absolute atomic E-state index is 10.6. The third kappa shape index (κ3) is 2.04. The lowest BCUT2D eigenvalue weighted by molar-refractivity contribution is 0.112. The van der Waals surface area contributed by atoms with Gasteiger partial charge in [0.15, 0.2) is 12.1 Å². The monoisotopic (exact) mass is 235 g/mol. The maximum atomic E-state index is 10.6. The summed E-state index contributed by atoms with van der Waals surface area (Å²) in [6, 6.07) is 3.65. The highest BCUT2D eigenvalue weighted by atomic mass is 32.1. The van der Waals surface area contributed by atoms with E-state index in [1.807, 2.05) is 6.07 Å². The van der Waals surface area contributed by atoms with Crippen molar-refractivity contribution >= 4 is 17.6 Å². The molecule has 0 amide bonds. The maximum Gasteiger partial charge on any atom is 0.160 e. The second kappa shape index (κ2) is 3.83. The fraction of sp³-hybridized carbons (Fsp3) is 0.364. The molecule has 4 nitrogen and oxygen atoms in total. The topological polar surface area (TPSA) is 47.8 Å². The van der Waals surface area contributed by atoms with E-state index < -0.39 is 0 Å². The molecule has 0 aliphatic carbocycles. The molecule has 0 fully saturated rings. The van der Waals surface area contributed by atoms with Crippen LogP contribution in [0.2, 0.25) is 0 Å². The number of carbonyl (C=O) groups excluding carboxylic acids is 1. The standard InChI is InChI=1S/C11H13N3OS/c1-11(2,3)10-12-7-14(13-10)9-5-4-8(6-15)16-9/h4-7H,1-3H3. The highest BCUT2D eigenvalue weighted by Gasteiger charge is 2.19. The predicted octanol–water partition coefficient (Wildman–Crippen LogP) is 2.44. The van der Waals surface area contributed by atoms with Crippen molar-refractivity contribution in [2.75, 3.05) is 0 Å². The Labute approximate surface area is 97.9 Å². The van der Waals surface area contributed by atoms with E-state index in [1.54, 1.807) is 17.1 Å². The Kier molecular flexibility index (Phi) is 2.63. The summed E-state index contributed by atoms with van der Waals surface area (Å²) in [6.07, 6.45) is 2.52. The molecule has 0 spiro atoms. The van der Waals surface area contributed by atoms with Crippen LogP contribution < -0.4 is 0 Å². The zero-order valence-corrected chi connectivity index (χ0v) is 10.3. The van der Waals surface area contributed by atoms with Crippen LogP contribution in [0.4, 0.5) is 0 Å². The average Bonchev–Trinajstić information content (AvgIpc) is 2.85. The Bertz CT molecular complexity index is 507. The van der Waals surface area contributed by atoms with Crippen LogP contribution in [0.1, 0.15) is 36.3 Å². The Morgan fingerprint density at radius 2 is 2.12 bits per heavy atom. The summed E-state index contributed by atoms with van der Waals surface area (Å²) in [5.41, 5.74) is -0.0595. The largest absolute Gasteiger partial charge is 0.297 e. The molecule has 0 radical (unpaired) electrons. The van der Waals surface area contributed by atoms with Crippen LogP contribution in [-0.2, 0) is 5.41 Å². The van der Waals surface area contributed by atoms with E-state index in [0.29, 0.717) is 4.88 Å². The molecule has 2 heterocycles. The quantitative estimate of drug-likeness (QED) is 0.751. The summed E-state index contributed by atoms with van der Waals surface area (Å²) in [5.74, 6) is 0.800. The van der Waals surface area contributed by atoms with Crippen molar-refractivity contribution in [2.45, 2.75) is 26.2 Å². The fourth-order valence-corrected chi connectivity index (χ4v) is 1.98. The third-order valence-electron chi connectivity index (χ3n) is 2.12. The molecule has 0 unspecified atom stereocenters. The molecule has 0 aliphatic rings. The van der Waals surface area contributed by atoms with Gasteiger partial charge in [0.1, 0.15) is 11.3 Å². The third-order valence-corrected chi connectivity index (χ3v) is 3.12. The van der Waals surface area contributed by atoms with Gasteiger partial charge >= 0.3 is 0 Å². The highest BCUT2D eigenvalue weighted by molar-refractivity contribution is 7.16. The highest BCUT2D eigenvalue weighted by Crippen LogP contribution is 2.21. The van der Waals surface area contributed by atoms with Crippen molar-refractivity contribution in [1.29, 1.82) is 0 Å². The van der Waals surface area contributed by atoms with E-state index >= 15 is 0 Å². The molecule has 16 heavy (non-hydrogen) atoms. The SMILES string of the molecule is CC(C)(C)c1ncn(-c2ccc(C=O)s2)n1. The number of hydrogen-bond acceptors (Lipinski definition) is 4. The van der Waals surface area contributed by atoms with Gasteiger partial charge in [-0.25, -0.2) is 9.67 Å². The van der Waals surface area contributed by atoms with Crippen LogP contribution >= 0.6 is 11.3 Å². The first kappa shape index (κ1) is 11.0. The van der Waals surface area contributed by atoms with Gasteiger partial charge in [0.05, 0.1) is 4.88 Å². The number of thiophene rings is 1. The van der Waals surface area contributed by atoms with Crippen LogP contribution in [0, 0.1) is 0 Å². The molecule has 2 rings (SSSR count). The van der Waals surface area contributed by atoms with Crippen molar-refractivity contribution in [3.8, 4) is 5.00 Å². The first-order chi connectivity index (χ1) is 7.50. The number of nitrogens with zero attached hydrogens (tertiary/aromatic N) is 3. The van der Waals surface area contributed by atoms with Gasteiger partial charge in [-0.2, -0.15) is 0 Å². The summed E-state index contributed by atoms with van der Waals surface area (Å²) in [7, 11) is 0. The lowest BCUT2D eigenvalue weighted by atomic mass is 9.96. The Hall–Kier alpha value is -1.49. The lowest BCUT2D eigenvalue weighted by Crippen LogP contribution is -2.13. The van der Waals surface area contributed by atoms with E-state index in [9.17, 15) is 4.79 Å². The van der Waals surface area contributed by atoms with Gasteiger partial charge in [0, 0.05) is 5.41 Å². The minimum absolute atomic E-state index is 0.0595. The molecule has 2 aromatic rings. The van der Waals surface area contributed by atoms with Gasteiger partial charge < -0.3 is 0 Å². The van der Waals surface area contributed by atoms with E-state index in [1.165, 1.54) is 11.3 Å². The minimum Gasteiger partial charge on any atom is -0.297 e. The fourth-order valence-electron chi connectivity index (χ4n) is 1.24. The molecule has 84 valence electrons. The van der Waals surface area contributed by atoms with Crippen LogP contribution in [0.3, 0.4) is 0 Å². The van der Waals surface area contributed by atoms with Crippen molar-refractivity contribution in [3.05, 3.63) is 29.2 Å². The van der Waals surface area contributed by atoms with Gasteiger partial charge in [0.2, 0.25) is 0 Å². The van der Waals surface area contributed by atoms with Gasteiger partial charge in [0.25, 0.3) is 0 Å². The molecule has 5 heteroatoms. The molecule has 0 aromatic carbocycles. The van der Waals surface area contributed by atoms with Crippen molar-refractivity contribution in [2.24, 2.45) is 0 Å². The predicted molar refractivity (Wildman–Crippen MR) is 63.3 cm³/mol. The van der Waals surface area contributed by atoms with E-state index in [4.69, 9.17) is 0 Å². The van der Waals surface area contributed by atoms with E-state index in [-0.39, 0.29) is 5.41 Å². The molecule has 0 saturated heterocycles. The van der Waals surface area contributed by atoms with Gasteiger partial charge in [-0.3, -0.25) is 4.79 Å². The Morgan fingerprint density at radius 1 is 1.38 bits per heavy atom. The second-order valence-corrected chi connectivity index (χ2v) is 5.65. The van der Waals surface area contributed by atoms with Crippen molar-refractivity contribution in [3.63, 3.8) is 0 Å². The summed E-state index contributed by atoms with van der Waals surface area (Å²) in [5, 5.41) is 5.31. The minimum atomic E-state index is -0.0595. The Morgan fingerprint density at radius 3 is 2.62 bits per heavy atom. The van der Waals surface area contributed by atoms with Crippen molar-refractivity contribution in [1.82, 2.24) is 14.8 Å². The van der Waals surface area contributed by atoms with Crippen LogP contribution in [0.25, 0.3) is 5.00 Å². The normalized spacial score (nSPS) is 11.7. The van der Waals surface area contributed by atoms with Gasteiger partial charge in [-0.15, -0.1) is 16.4 Å². The summed E-state index contributed by atoms with van der Waals surface area (Å²) >= 11 is 1.40. The molecular formula is C11H13N3OS. The number of carbonyl (C=O) groups is 1. The molecule has 0 aliphatic heterocycles. The van der Waals surface area contributed by atoms with E-state index in [0.717, 1.165) is 17.1 Å². The molecular weight excluding hydrogens is 222 g/mol.